The van der Waals surface area contributed by atoms with Crippen LogP contribution in [0.4, 0.5) is 0 Å². The quantitative estimate of drug-likeness (QED) is 0.0351. The molecular formula is C68H107N15O11. The highest BCUT2D eigenvalue weighted by molar-refractivity contribution is 5.99. The van der Waals surface area contributed by atoms with E-state index < -0.39 is 119 Å². The molecule has 0 aliphatic heterocycles. The molecule has 10 atom stereocenters. The maximum Gasteiger partial charge on any atom is 0.243 e. The molecule has 520 valence electrons. The second kappa shape index (κ2) is 45.9. The predicted octanol–water partition coefficient (Wildman–Crippen LogP) is 0.984. The Morgan fingerprint density at radius 2 is 0.574 bits per heavy atom. The molecule has 0 fully saturated rings. The second-order valence-electron chi connectivity index (χ2n) is 24.0. The van der Waals surface area contributed by atoms with Crippen LogP contribution in [-0.2, 0) is 72.0 Å². The van der Waals surface area contributed by atoms with E-state index in [1.165, 1.54) is 20.8 Å². The van der Waals surface area contributed by atoms with Gasteiger partial charge in [-0.25, -0.2) is 0 Å². The molecular weight excluding hydrogens is 1200 g/mol. The largest absolute Gasteiger partial charge is 0.368 e. The minimum absolute atomic E-state index is 0.0278. The van der Waals surface area contributed by atoms with Gasteiger partial charge in [0.2, 0.25) is 65.0 Å². The first-order valence-electron chi connectivity index (χ1n) is 33.4. The summed E-state index contributed by atoms with van der Waals surface area (Å²) in [6.07, 6.45) is 9.17. The fourth-order valence-electron chi connectivity index (χ4n) is 10.2. The average molecular weight is 1310 g/mol. The number of carbonyl (C=O) groups is 11. The van der Waals surface area contributed by atoms with E-state index in [9.17, 15) is 52.7 Å². The van der Waals surface area contributed by atoms with Gasteiger partial charge in [0, 0.05) is 25.7 Å². The number of rotatable bonds is 48. The van der Waals surface area contributed by atoms with E-state index in [0.717, 1.165) is 25.7 Å². The van der Waals surface area contributed by atoms with Crippen molar-refractivity contribution in [1.82, 2.24) is 53.2 Å². The average Bonchev–Trinajstić information content (AvgIpc) is 1.00. The van der Waals surface area contributed by atoms with E-state index in [0.29, 0.717) is 87.6 Å². The Labute approximate surface area is 554 Å². The monoisotopic (exact) mass is 1310 g/mol. The zero-order chi connectivity index (χ0) is 69.2. The molecule has 3 rings (SSSR count). The summed E-state index contributed by atoms with van der Waals surface area (Å²) < 4.78 is 0. The number of nitrogens with one attached hydrogen (secondary N) is 10. The van der Waals surface area contributed by atoms with Crippen molar-refractivity contribution in [2.24, 2.45) is 28.7 Å². The van der Waals surface area contributed by atoms with Crippen molar-refractivity contribution < 1.29 is 52.7 Å². The summed E-state index contributed by atoms with van der Waals surface area (Å²) in [6.45, 7) is 7.55. The molecule has 26 nitrogen and oxygen atoms in total. The Balaban J connectivity index is 1.85. The zero-order valence-corrected chi connectivity index (χ0v) is 55.5. The van der Waals surface area contributed by atoms with Crippen LogP contribution in [0.15, 0.2) is 91.0 Å². The lowest BCUT2D eigenvalue weighted by Gasteiger charge is -2.27. The summed E-state index contributed by atoms with van der Waals surface area (Å²) in [5, 5.41) is 27.3. The van der Waals surface area contributed by atoms with Crippen LogP contribution < -0.4 is 81.8 Å². The summed E-state index contributed by atoms with van der Waals surface area (Å²) in [5.74, 6) is -7.59. The highest BCUT2D eigenvalue weighted by Crippen LogP contribution is 2.14. The number of unbranched alkanes of at least 4 members (excludes halogenated alkanes) is 8. The lowest BCUT2D eigenvalue weighted by molar-refractivity contribution is -0.136. The molecule has 3 aromatic rings. The van der Waals surface area contributed by atoms with Gasteiger partial charge in [-0.15, -0.1) is 0 Å². The molecule has 0 unspecified atom stereocenters. The minimum atomic E-state index is -1.34. The number of hydrogen-bond acceptors (Lipinski definition) is 15. The van der Waals surface area contributed by atoms with Crippen molar-refractivity contribution in [3.63, 3.8) is 0 Å². The normalized spacial score (nSPS) is 14.3. The van der Waals surface area contributed by atoms with Gasteiger partial charge < -0.3 is 81.8 Å². The van der Waals surface area contributed by atoms with Gasteiger partial charge in [-0.05, 0) is 147 Å². The molecule has 0 spiro atoms. The summed E-state index contributed by atoms with van der Waals surface area (Å²) in [7, 11) is 0. The highest BCUT2D eigenvalue weighted by Gasteiger charge is 2.35. The molecule has 0 saturated carbocycles. The fraction of sp³-hybridized carbons (Fsp3) is 0.574. The minimum Gasteiger partial charge on any atom is -0.368 e. The summed E-state index contributed by atoms with van der Waals surface area (Å²) in [6, 6.07) is 14.5. The van der Waals surface area contributed by atoms with Crippen LogP contribution in [-0.4, -0.2) is 152 Å². The lowest BCUT2D eigenvalue weighted by atomic mass is 10.0. The van der Waals surface area contributed by atoms with Gasteiger partial charge in [-0.2, -0.15) is 0 Å². The van der Waals surface area contributed by atoms with Crippen LogP contribution in [0.25, 0.3) is 0 Å². The van der Waals surface area contributed by atoms with Crippen LogP contribution in [0.3, 0.4) is 0 Å². The summed E-state index contributed by atoms with van der Waals surface area (Å²) in [5.41, 5.74) is 30.7. The predicted molar refractivity (Wildman–Crippen MR) is 361 cm³/mol. The molecule has 0 bridgehead atoms. The van der Waals surface area contributed by atoms with Gasteiger partial charge in [0.05, 0.1) is 0 Å². The standard InChI is InChI=1S/C68H107N15O11/c1-5-6-7-8-18-37-58(84)77-51(33-19-23-38-69)62(88)81-56(43-49-29-14-10-15-30-49)67(93)75-47(4)61(87)79-53(35-21-25-40-71)64(90)83-57(44-50-31-16-11-17-32-50)68(94)76-46(3)60(86)78-52(34-20-24-39-70)63(89)80-54(36-22-26-41-72)65(91)82-55(42-48-27-12-9-13-28-48)66(92)74-45(2)59(73)85/h9-17,27-32,45-47,51-57H,5-8,18-26,33-44,69-72H2,1-4H3,(H2,73,85)(H,74,92)(H,75,93)(H,76,94)(H,77,84)(H,78,86)(H,79,87)(H,80,89)(H,81,88)(H,82,91)(H,83,90)/t45-,46-,47-,51-,52-,53-,54-,55-,56-,57-/m0/s1. The maximum atomic E-state index is 14.5. The number of carbonyl (C=O) groups excluding carboxylic acids is 11. The molecule has 0 heterocycles. The highest BCUT2D eigenvalue weighted by atomic mass is 16.2. The molecule has 3 aromatic carbocycles. The number of nitrogens with two attached hydrogens (primary N) is 5. The SMILES string of the molecule is CCCCCCCC(=O)N[C@@H](CCCCN)C(=O)N[C@@H](Cc1ccccc1)C(=O)N[C@@H](C)C(=O)N[C@@H](CCCCN)C(=O)N[C@@H](Cc1ccccc1)C(=O)N[C@@H](C)C(=O)N[C@@H](CCCCN)C(=O)N[C@@H](CCCCN)C(=O)N[C@@H](Cc1ccccc1)C(=O)N[C@@H](C)C(N)=O. The van der Waals surface area contributed by atoms with Crippen LogP contribution >= 0.6 is 0 Å². The third-order valence-electron chi connectivity index (χ3n) is 15.9. The molecule has 94 heavy (non-hydrogen) atoms. The summed E-state index contributed by atoms with van der Waals surface area (Å²) in [4.78, 5) is 153. The van der Waals surface area contributed by atoms with E-state index in [2.05, 4.69) is 60.1 Å². The van der Waals surface area contributed by atoms with Crippen LogP contribution in [0.1, 0.15) is 160 Å². The van der Waals surface area contributed by atoms with Gasteiger partial charge in [-0.1, -0.05) is 124 Å². The van der Waals surface area contributed by atoms with Crippen molar-refractivity contribution in [2.45, 2.75) is 223 Å². The van der Waals surface area contributed by atoms with Crippen molar-refractivity contribution in [2.75, 3.05) is 26.2 Å². The first kappa shape index (κ1) is 79.9. The number of primary amides is 1. The van der Waals surface area contributed by atoms with Gasteiger partial charge in [0.15, 0.2) is 0 Å². The van der Waals surface area contributed by atoms with Crippen molar-refractivity contribution in [3.05, 3.63) is 108 Å². The number of hydrogen-bond donors (Lipinski definition) is 15. The van der Waals surface area contributed by atoms with Crippen molar-refractivity contribution in [3.8, 4) is 0 Å². The van der Waals surface area contributed by atoms with E-state index in [1.807, 2.05) is 0 Å². The van der Waals surface area contributed by atoms with Gasteiger partial charge in [0.1, 0.15) is 60.4 Å². The van der Waals surface area contributed by atoms with E-state index in [1.54, 1.807) is 91.0 Å². The molecule has 11 amide bonds. The van der Waals surface area contributed by atoms with Crippen LogP contribution in [0, 0.1) is 0 Å². The molecule has 20 N–H and O–H groups in total. The van der Waals surface area contributed by atoms with E-state index in [4.69, 9.17) is 28.7 Å². The lowest BCUT2D eigenvalue weighted by Crippen LogP contribution is -2.60. The first-order valence-corrected chi connectivity index (χ1v) is 33.4. The topological polar surface area (TPSA) is 438 Å². The molecule has 0 saturated heterocycles. The molecule has 0 aliphatic carbocycles. The number of amides is 11. The second-order valence-corrected chi connectivity index (χ2v) is 24.0. The van der Waals surface area contributed by atoms with E-state index >= 15 is 0 Å². The van der Waals surface area contributed by atoms with Crippen molar-refractivity contribution >= 4 is 65.0 Å². The Bertz CT molecular complexity index is 2800. The Kier molecular flexibility index (Phi) is 39.0. The van der Waals surface area contributed by atoms with E-state index in [-0.39, 0.29) is 70.4 Å². The third kappa shape index (κ3) is 31.5. The molecule has 0 radical (unpaired) electrons. The van der Waals surface area contributed by atoms with Gasteiger partial charge >= 0.3 is 0 Å². The van der Waals surface area contributed by atoms with Crippen LogP contribution in [0.5, 0.6) is 0 Å². The molecule has 0 aromatic heterocycles. The fourth-order valence-corrected chi connectivity index (χ4v) is 10.2. The van der Waals surface area contributed by atoms with Crippen LogP contribution in [0.2, 0.25) is 0 Å². The first-order chi connectivity index (χ1) is 45.1. The third-order valence-corrected chi connectivity index (χ3v) is 15.9. The maximum absolute atomic E-state index is 14.5. The smallest absolute Gasteiger partial charge is 0.243 e. The molecule has 26 heteroatoms. The Morgan fingerprint density at radius 1 is 0.309 bits per heavy atom. The van der Waals surface area contributed by atoms with Gasteiger partial charge in [-0.3, -0.25) is 52.7 Å². The number of benzene rings is 3. The Morgan fingerprint density at radius 3 is 0.872 bits per heavy atom. The van der Waals surface area contributed by atoms with Gasteiger partial charge in [0.25, 0.3) is 0 Å². The Hall–Kier alpha value is -8.33. The van der Waals surface area contributed by atoms with Crippen molar-refractivity contribution in [1.29, 1.82) is 0 Å². The summed E-state index contributed by atoms with van der Waals surface area (Å²) >= 11 is 0. The molecule has 0 aliphatic rings. The zero-order valence-electron chi connectivity index (χ0n) is 55.5.